The van der Waals surface area contributed by atoms with Gasteiger partial charge in [0.05, 0.1) is 13.1 Å². The minimum atomic E-state index is 0.108. The highest BCUT2D eigenvalue weighted by atomic mass is 32.1. The summed E-state index contributed by atoms with van der Waals surface area (Å²) in [7, 11) is 0. The second kappa shape index (κ2) is 6.31. The van der Waals surface area contributed by atoms with Crippen molar-refractivity contribution in [2.75, 3.05) is 19.6 Å². The average Bonchev–Trinajstić information content (AvgIpc) is 2.76. The van der Waals surface area contributed by atoms with Gasteiger partial charge in [0.1, 0.15) is 0 Å². The predicted molar refractivity (Wildman–Crippen MR) is 74.6 cm³/mol. The van der Waals surface area contributed by atoms with Gasteiger partial charge in [0.25, 0.3) is 0 Å². The zero-order valence-corrected chi connectivity index (χ0v) is 11.6. The molecule has 2 rings (SSSR count). The fourth-order valence-electron chi connectivity index (χ4n) is 2.14. The summed E-state index contributed by atoms with van der Waals surface area (Å²) in [6.45, 7) is 5.09. The van der Waals surface area contributed by atoms with Crippen molar-refractivity contribution in [2.24, 2.45) is 5.73 Å². The van der Waals surface area contributed by atoms with Crippen LogP contribution in [0.15, 0.2) is 12.1 Å². The molecule has 3 N–H and O–H groups in total. The highest BCUT2D eigenvalue weighted by Gasteiger charge is 2.17. The highest BCUT2D eigenvalue weighted by Crippen LogP contribution is 2.14. The predicted octanol–water partition coefficient (Wildman–Crippen LogP) is 1.10. The molecule has 0 saturated carbocycles. The Labute approximate surface area is 112 Å². The van der Waals surface area contributed by atoms with Crippen LogP contribution in [-0.2, 0) is 11.3 Å². The van der Waals surface area contributed by atoms with E-state index in [2.05, 4.69) is 29.3 Å². The quantitative estimate of drug-likeness (QED) is 0.859. The summed E-state index contributed by atoms with van der Waals surface area (Å²) >= 11 is 1.73. The number of carbonyl (C=O) groups excluding carboxylic acids is 1. The summed E-state index contributed by atoms with van der Waals surface area (Å²) in [6, 6.07) is 4.47. The third-order valence-corrected chi connectivity index (χ3v) is 4.26. The first kappa shape index (κ1) is 13.5. The Kier molecular flexibility index (Phi) is 4.74. The molecule has 0 radical (unpaired) electrons. The number of carbonyl (C=O) groups is 1. The summed E-state index contributed by atoms with van der Waals surface area (Å²) in [5.74, 6) is 0.108. The fraction of sp³-hybridized carbons (Fsp3) is 0.615. The van der Waals surface area contributed by atoms with Crippen LogP contribution in [0, 0.1) is 6.92 Å². The standard InChI is InChI=1S/C13H21N3OS/c1-10-2-3-12(18-10)8-15-13(17)9-16-6-4-11(14)5-7-16/h2-3,11H,4-9,14H2,1H3,(H,15,17). The first-order valence-corrected chi connectivity index (χ1v) is 7.25. The van der Waals surface area contributed by atoms with E-state index in [0.717, 1.165) is 25.9 Å². The molecule has 1 aliphatic heterocycles. The van der Waals surface area contributed by atoms with Gasteiger partial charge in [-0.15, -0.1) is 11.3 Å². The molecular formula is C13H21N3OS. The number of thiophene rings is 1. The number of hydrogen-bond acceptors (Lipinski definition) is 4. The van der Waals surface area contributed by atoms with E-state index < -0.39 is 0 Å². The molecule has 1 saturated heterocycles. The molecule has 18 heavy (non-hydrogen) atoms. The van der Waals surface area contributed by atoms with Crippen molar-refractivity contribution in [3.63, 3.8) is 0 Å². The topological polar surface area (TPSA) is 58.4 Å². The van der Waals surface area contributed by atoms with Gasteiger partial charge in [-0.2, -0.15) is 0 Å². The van der Waals surface area contributed by atoms with Crippen molar-refractivity contribution in [2.45, 2.75) is 32.4 Å². The third kappa shape index (κ3) is 4.08. The highest BCUT2D eigenvalue weighted by molar-refractivity contribution is 7.11. The van der Waals surface area contributed by atoms with E-state index >= 15 is 0 Å². The van der Waals surface area contributed by atoms with E-state index in [9.17, 15) is 4.79 Å². The fourth-order valence-corrected chi connectivity index (χ4v) is 2.97. The van der Waals surface area contributed by atoms with Crippen molar-refractivity contribution in [3.8, 4) is 0 Å². The Morgan fingerprint density at radius 1 is 1.50 bits per heavy atom. The molecule has 1 aromatic rings. The molecule has 5 heteroatoms. The Bertz CT molecular complexity index is 397. The van der Waals surface area contributed by atoms with Crippen LogP contribution in [0.3, 0.4) is 0 Å². The lowest BCUT2D eigenvalue weighted by molar-refractivity contribution is -0.122. The zero-order valence-electron chi connectivity index (χ0n) is 10.8. The Hall–Kier alpha value is -0.910. The molecule has 0 atom stereocenters. The maximum Gasteiger partial charge on any atom is 0.234 e. The van der Waals surface area contributed by atoms with Gasteiger partial charge in [0, 0.05) is 28.9 Å². The lowest BCUT2D eigenvalue weighted by atomic mass is 10.1. The maximum absolute atomic E-state index is 11.8. The SMILES string of the molecule is Cc1ccc(CNC(=O)CN2CCC(N)CC2)s1. The summed E-state index contributed by atoms with van der Waals surface area (Å²) in [5.41, 5.74) is 5.84. The van der Waals surface area contributed by atoms with E-state index in [1.807, 2.05) is 0 Å². The molecule has 4 nitrogen and oxygen atoms in total. The van der Waals surface area contributed by atoms with Crippen molar-refractivity contribution in [1.82, 2.24) is 10.2 Å². The number of rotatable bonds is 4. The summed E-state index contributed by atoms with van der Waals surface area (Å²) in [4.78, 5) is 16.5. The third-order valence-electron chi connectivity index (χ3n) is 3.26. The molecule has 1 amide bonds. The van der Waals surface area contributed by atoms with Crippen molar-refractivity contribution < 1.29 is 4.79 Å². The molecule has 100 valence electrons. The summed E-state index contributed by atoms with van der Waals surface area (Å²) in [5, 5.41) is 2.97. The van der Waals surface area contributed by atoms with Crippen LogP contribution in [0.1, 0.15) is 22.6 Å². The number of nitrogens with two attached hydrogens (primary N) is 1. The summed E-state index contributed by atoms with van der Waals surface area (Å²) in [6.07, 6.45) is 1.99. The molecule has 2 heterocycles. The molecule has 0 bridgehead atoms. The van der Waals surface area contributed by atoms with E-state index in [0.29, 0.717) is 19.1 Å². The molecule has 1 aromatic heterocycles. The normalized spacial score (nSPS) is 17.9. The van der Waals surface area contributed by atoms with Crippen molar-refractivity contribution in [1.29, 1.82) is 0 Å². The molecule has 0 unspecified atom stereocenters. The first-order chi connectivity index (χ1) is 8.63. The Morgan fingerprint density at radius 2 is 2.22 bits per heavy atom. The number of nitrogens with one attached hydrogen (secondary N) is 1. The number of amides is 1. The molecule has 0 aromatic carbocycles. The van der Waals surface area contributed by atoms with Crippen molar-refractivity contribution in [3.05, 3.63) is 21.9 Å². The smallest absolute Gasteiger partial charge is 0.234 e. The van der Waals surface area contributed by atoms with E-state index in [-0.39, 0.29) is 5.91 Å². The van der Waals surface area contributed by atoms with Crippen LogP contribution in [-0.4, -0.2) is 36.5 Å². The van der Waals surface area contributed by atoms with Crippen LogP contribution < -0.4 is 11.1 Å². The van der Waals surface area contributed by atoms with Crippen molar-refractivity contribution >= 4 is 17.2 Å². The zero-order chi connectivity index (χ0) is 13.0. The maximum atomic E-state index is 11.8. The van der Waals surface area contributed by atoms with Gasteiger partial charge in [-0.25, -0.2) is 0 Å². The Balaban J connectivity index is 1.69. The lowest BCUT2D eigenvalue weighted by Gasteiger charge is -2.29. The lowest BCUT2D eigenvalue weighted by Crippen LogP contribution is -2.44. The van der Waals surface area contributed by atoms with Gasteiger partial charge in [-0.05, 0) is 31.9 Å². The largest absolute Gasteiger partial charge is 0.350 e. The molecular weight excluding hydrogens is 246 g/mol. The number of aryl methyl sites for hydroxylation is 1. The van der Waals surface area contributed by atoms with Gasteiger partial charge in [-0.3, -0.25) is 9.69 Å². The Morgan fingerprint density at radius 3 is 2.83 bits per heavy atom. The molecule has 0 aliphatic carbocycles. The minimum absolute atomic E-state index is 0.108. The number of piperidine rings is 1. The molecule has 1 aliphatic rings. The van der Waals surface area contributed by atoms with Crippen LogP contribution in [0.5, 0.6) is 0 Å². The van der Waals surface area contributed by atoms with Gasteiger partial charge >= 0.3 is 0 Å². The minimum Gasteiger partial charge on any atom is -0.350 e. The van der Waals surface area contributed by atoms with Crippen LogP contribution >= 0.6 is 11.3 Å². The first-order valence-electron chi connectivity index (χ1n) is 6.43. The van der Waals surface area contributed by atoms with Gasteiger partial charge in [-0.1, -0.05) is 0 Å². The van der Waals surface area contributed by atoms with Crippen LogP contribution in [0.2, 0.25) is 0 Å². The van der Waals surface area contributed by atoms with Crippen LogP contribution in [0.25, 0.3) is 0 Å². The summed E-state index contributed by atoms with van der Waals surface area (Å²) < 4.78 is 0. The van der Waals surface area contributed by atoms with Crippen LogP contribution in [0.4, 0.5) is 0 Å². The average molecular weight is 267 g/mol. The second-order valence-corrected chi connectivity index (χ2v) is 6.28. The number of hydrogen-bond donors (Lipinski definition) is 2. The van der Waals surface area contributed by atoms with Gasteiger partial charge in [0.2, 0.25) is 5.91 Å². The van der Waals surface area contributed by atoms with Gasteiger partial charge < -0.3 is 11.1 Å². The van der Waals surface area contributed by atoms with E-state index in [4.69, 9.17) is 5.73 Å². The van der Waals surface area contributed by atoms with E-state index in [1.54, 1.807) is 11.3 Å². The monoisotopic (exact) mass is 267 g/mol. The van der Waals surface area contributed by atoms with E-state index in [1.165, 1.54) is 9.75 Å². The molecule has 1 fully saturated rings. The second-order valence-electron chi connectivity index (χ2n) is 4.90. The molecule has 0 spiro atoms. The number of likely N-dealkylation sites (tertiary alicyclic amines) is 1. The number of nitrogens with zero attached hydrogens (tertiary/aromatic N) is 1. The van der Waals surface area contributed by atoms with Gasteiger partial charge in [0.15, 0.2) is 0 Å².